The van der Waals surface area contributed by atoms with Gasteiger partial charge in [0.15, 0.2) is 0 Å². The molecular weight excluding hydrogens is 381 g/mol. The van der Waals surface area contributed by atoms with E-state index < -0.39 is 0 Å². The van der Waals surface area contributed by atoms with Crippen LogP contribution in [0.1, 0.15) is 33.9 Å². The third kappa shape index (κ3) is 5.31. The molecule has 25 heavy (non-hydrogen) atoms. The summed E-state index contributed by atoms with van der Waals surface area (Å²) in [5.41, 5.74) is 7.32. The minimum Gasteiger partial charge on any atom is -0.487 e. The fourth-order valence-electron chi connectivity index (χ4n) is 2.86. The van der Waals surface area contributed by atoms with E-state index >= 15 is 0 Å². The lowest BCUT2D eigenvalue weighted by atomic mass is 10.1. The summed E-state index contributed by atoms with van der Waals surface area (Å²) in [6.07, 6.45) is 2.01. The Bertz CT molecular complexity index is 696. The van der Waals surface area contributed by atoms with Crippen molar-refractivity contribution < 1.29 is 9.53 Å². The Kier molecular flexibility index (Phi) is 8.65. The third-order valence-corrected chi connectivity index (χ3v) is 4.87. The molecule has 0 radical (unpaired) electrons. The normalized spacial score (nSPS) is 16.1. The molecule has 2 N–H and O–H groups in total. The molecule has 1 atom stereocenters. The number of ether oxygens (including phenoxy) is 1. The van der Waals surface area contributed by atoms with Crippen LogP contribution in [0.4, 0.5) is 0 Å². The van der Waals surface area contributed by atoms with Gasteiger partial charge >= 0.3 is 0 Å². The number of aromatic nitrogens is 1. The van der Waals surface area contributed by atoms with Gasteiger partial charge in [-0.15, -0.1) is 36.2 Å². The lowest BCUT2D eigenvalue weighted by molar-refractivity contribution is 0.0740. The van der Waals surface area contributed by atoms with E-state index in [9.17, 15) is 4.79 Å². The topological polar surface area (TPSA) is 68.5 Å². The molecule has 1 aliphatic rings. The van der Waals surface area contributed by atoms with Crippen molar-refractivity contribution in [3.8, 4) is 5.75 Å². The predicted molar refractivity (Wildman–Crippen MR) is 105 cm³/mol. The Hall–Kier alpha value is -1.34. The van der Waals surface area contributed by atoms with E-state index in [-0.39, 0.29) is 36.8 Å². The van der Waals surface area contributed by atoms with E-state index in [1.807, 2.05) is 35.4 Å². The van der Waals surface area contributed by atoms with Crippen LogP contribution >= 0.6 is 36.2 Å². The lowest BCUT2D eigenvalue weighted by Gasteiger charge is -2.23. The molecule has 5 nitrogen and oxygen atoms in total. The number of aryl methyl sites for hydroxylation is 1. The zero-order chi connectivity index (χ0) is 16.2. The monoisotopic (exact) mass is 403 g/mol. The number of nitrogens with two attached hydrogens (primary N) is 1. The SMILES string of the molecule is Cc1nc(COc2cccc(C(=O)N3CCCC3CN)c2)cs1.Cl.Cl. The van der Waals surface area contributed by atoms with Gasteiger partial charge in [-0.3, -0.25) is 4.79 Å². The second-order valence-corrected chi connectivity index (χ2v) is 6.77. The molecule has 1 saturated heterocycles. The number of carbonyl (C=O) groups excluding carboxylic acids is 1. The van der Waals surface area contributed by atoms with Gasteiger partial charge < -0.3 is 15.4 Å². The first kappa shape index (κ1) is 21.7. The molecule has 1 amide bonds. The average Bonchev–Trinajstić information content (AvgIpc) is 3.21. The van der Waals surface area contributed by atoms with Gasteiger partial charge in [0.2, 0.25) is 0 Å². The number of thiazole rings is 1. The Balaban J connectivity index is 0.00000156. The van der Waals surface area contributed by atoms with Crippen molar-refractivity contribution in [1.82, 2.24) is 9.88 Å². The molecule has 1 unspecified atom stereocenters. The Morgan fingerprint density at radius 2 is 2.24 bits per heavy atom. The number of nitrogens with zero attached hydrogens (tertiary/aromatic N) is 2. The van der Waals surface area contributed by atoms with Gasteiger partial charge in [-0.2, -0.15) is 0 Å². The Morgan fingerprint density at radius 1 is 1.44 bits per heavy atom. The van der Waals surface area contributed by atoms with Gasteiger partial charge in [-0.25, -0.2) is 4.98 Å². The molecule has 0 saturated carbocycles. The molecule has 2 heterocycles. The molecule has 1 aromatic heterocycles. The number of rotatable bonds is 5. The quantitative estimate of drug-likeness (QED) is 0.829. The average molecular weight is 404 g/mol. The smallest absolute Gasteiger partial charge is 0.254 e. The third-order valence-electron chi connectivity index (χ3n) is 4.04. The number of hydrogen-bond donors (Lipinski definition) is 1. The lowest BCUT2D eigenvalue weighted by Crippen LogP contribution is -2.39. The Labute approximate surface area is 164 Å². The fraction of sp³-hybridized carbons (Fsp3) is 0.412. The molecule has 0 spiro atoms. The van der Waals surface area contributed by atoms with Crippen LogP contribution in [-0.2, 0) is 6.61 Å². The molecule has 8 heteroatoms. The van der Waals surface area contributed by atoms with Crippen LogP contribution < -0.4 is 10.5 Å². The summed E-state index contributed by atoms with van der Waals surface area (Å²) in [7, 11) is 0. The van der Waals surface area contributed by atoms with Crippen molar-refractivity contribution in [3.05, 3.63) is 45.9 Å². The van der Waals surface area contributed by atoms with E-state index in [4.69, 9.17) is 10.5 Å². The van der Waals surface area contributed by atoms with E-state index in [2.05, 4.69) is 4.98 Å². The zero-order valence-corrected chi connectivity index (χ0v) is 16.5. The zero-order valence-electron chi connectivity index (χ0n) is 14.0. The maximum absolute atomic E-state index is 12.7. The summed E-state index contributed by atoms with van der Waals surface area (Å²) in [6.45, 7) is 3.68. The summed E-state index contributed by atoms with van der Waals surface area (Å²) in [5, 5.41) is 3.01. The summed E-state index contributed by atoms with van der Waals surface area (Å²) in [5.74, 6) is 0.720. The first-order chi connectivity index (χ1) is 11.2. The minimum atomic E-state index is 0. The van der Waals surface area contributed by atoms with E-state index in [0.717, 1.165) is 30.1 Å². The molecule has 1 fully saturated rings. The number of benzene rings is 1. The van der Waals surface area contributed by atoms with Gasteiger partial charge in [0.25, 0.3) is 5.91 Å². The second kappa shape index (κ2) is 9.97. The van der Waals surface area contributed by atoms with Crippen molar-refractivity contribution in [2.24, 2.45) is 5.73 Å². The van der Waals surface area contributed by atoms with E-state index in [1.54, 1.807) is 17.4 Å². The molecule has 2 aromatic rings. The van der Waals surface area contributed by atoms with Gasteiger partial charge in [0.05, 0.1) is 10.7 Å². The number of likely N-dealkylation sites (tertiary alicyclic amines) is 1. The minimum absolute atomic E-state index is 0. The van der Waals surface area contributed by atoms with Crippen molar-refractivity contribution >= 4 is 42.1 Å². The number of amides is 1. The highest BCUT2D eigenvalue weighted by Gasteiger charge is 2.28. The van der Waals surface area contributed by atoms with Crippen molar-refractivity contribution in [2.45, 2.75) is 32.4 Å². The number of halogens is 2. The van der Waals surface area contributed by atoms with Crippen LogP contribution in [0.5, 0.6) is 5.75 Å². The van der Waals surface area contributed by atoms with Gasteiger partial charge in [-0.1, -0.05) is 6.07 Å². The molecule has 138 valence electrons. The summed E-state index contributed by atoms with van der Waals surface area (Å²) in [6, 6.07) is 7.50. The maximum atomic E-state index is 12.7. The van der Waals surface area contributed by atoms with E-state index in [0.29, 0.717) is 24.5 Å². The van der Waals surface area contributed by atoms with Crippen LogP contribution in [-0.4, -0.2) is 34.9 Å². The molecule has 1 aliphatic heterocycles. The number of carbonyl (C=O) groups is 1. The number of hydrogen-bond acceptors (Lipinski definition) is 5. The van der Waals surface area contributed by atoms with Crippen LogP contribution in [0.15, 0.2) is 29.6 Å². The molecule has 3 rings (SSSR count). The first-order valence-corrected chi connectivity index (χ1v) is 8.70. The van der Waals surface area contributed by atoms with Gasteiger partial charge in [0.1, 0.15) is 12.4 Å². The maximum Gasteiger partial charge on any atom is 0.254 e. The van der Waals surface area contributed by atoms with Crippen molar-refractivity contribution in [1.29, 1.82) is 0 Å². The fourth-order valence-corrected chi connectivity index (χ4v) is 3.46. The van der Waals surface area contributed by atoms with Crippen molar-refractivity contribution in [3.63, 3.8) is 0 Å². The molecular formula is C17H23Cl2N3O2S. The highest BCUT2D eigenvalue weighted by molar-refractivity contribution is 7.09. The van der Waals surface area contributed by atoms with E-state index in [1.165, 1.54) is 0 Å². The summed E-state index contributed by atoms with van der Waals surface area (Å²) >= 11 is 1.60. The summed E-state index contributed by atoms with van der Waals surface area (Å²) in [4.78, 5) is 18.9. The van der Waals surface area contributed by atoms with Crippen LogP contribution in [0.25, 0.3) is 0 Å². The Morgan fingerprint density at radius 3 is 2.92 bits per heavy atom. The second-order valence-electron chi connectivity index (χ2n) is 5.70. The highest BCUT2D eigenvalue weighted by atomic mass is 35.5. The van der Waals surface area contributed by atoms with Gasteiger partial charge in [0, 0.05) is 30.1 Å². The van der Waals surface area contributed by atoms with Gasteiger partial charge in [-0.05, 0) is 38.0 Å². The van der Waals surface area contributed by atoms with Crippen LogP contribution in [0.3, 0.4) is 0 Å². The summed E-state index contributed by atoms with van der Waals surface area (Å²) < 4.78 is 5.76. The van der Waals surface area contributed by atoms with Crippen molar-refractivity contribution in [2.75, 3.05) is 13.1 Å². The predicted octanol–water partition coefficient (Wildman–Crippen LogP) is 3.44. The molecule has 0 aliphatic carbocycles. The van der Waals surface area contributed by atoms with Crippen LogP contribution in [0.2, 0.25) is 0 Å². The first-order valence-electron chi connectivity index (χ1n) is 7.82. The highest BCUT2D eigenvalue weighted by Crippen LogP contribution is 2.22. The largest absolute Gasteiger partial charge is 0.487 e. The van der Waals surface area contributed by atoms with Crippen LogP contribution in [0, 0.1) is 6.92 Å². The standard InChI is InChI=1S/C17H21N3O2S.2ClH/c1-12-19-14(11-23-12)10-22-16-6-2-4-13(8-16)17(21)20-7-3-5-15(20)9-18;;/h2,4,6,8,11,15H,3,5,7,9-10,18H2,1H3;2*1H. The molecule has 1 aromatic carbocycles. The molecule has 0 bridgehead atoms.